The number of hydrogen-bond donors (Lipinski definition) is 0. The van der Waals surface area contributed by atoms with E-state index >= 15 is 0 Å². The zero-order valence-electron chi connectivity index (χ0n) is 13.3. The summed E-state index contributed by atoms with van der Waals surface area (Å²) in [6.45, 7) is 9.18. The molecule has 0 aromatic carbocycles. The van der Waals surface area contributed by atoms with Crippen molar-refractivity contribution in [3.05, 3.63) is 10.4 Å². The van der Waals surface area contributed by atoms with Crippen molar-refractivity contribution >= 4 is 33.4 Å². The van der Waals surface area contributed by atoms with Gasteiger partial charge in [0.05, 0.1) is 0 Å². The number of unbranched alkanes of at least 4 members (excludes halogenated alkanes) is 3. The van der Waals surface area contributed by atoms with Gasteiger partial charge in [-0.15, -0.1) is 0 Å². The van der Waals surface area contributed by atoms with Gasteiger partial charge in [-0.2, -0.15) is 0 Å². The molecule has 0 aliphatic rings. The van der Waals surface area contributed by atoms with E-state index in [4.69, 9.17) is 4.98 Å². The molecule has 3 heteroatoms. The van der Waals surface area contributed by atoms with Crippen LogP contribution in [0.25, 0.3) is 0 Å². The molecule has 1 aromatic rings. The van der Waals surface area contributed by atoms with Gasteiger partial charge in [0.1, 0.15) is 0 Å². The van der Waals surface area contributed by atoms with Crippen LogP contribution in [0.4, 0.5) is 0 Å². The minimum atomic E-state index is -2.18. The molecule has 0 amide bonds. The molecule has 0 unspecified atom stereocenters. The molecular formula is C16H31NSSn. The second-order valence-electron chi connectivity index (χ2n) is 5.84. The van der Waals surface area contributed by atoms with Crippen molar-refractivity contribution in [1.82, 2.24) is 4.98 Å². The summed E-state index contributed by atoms with van der Waals surface area (Å²) in [7, 11) is 0. The van der Waals surface area contributed by atoms with Crippen LogP contribution < -0.4 is 3.71 Å². The van der Waals surface area contributed by atoms with Crippen molar-refractivity contribution in [2.45, 2.75) is 79.5 Å². The Bertz CT molecular complexity index is 326. The van der Waals surface area contributed by atoms with E-state index < -0.39 is 18.4 Å². The average molecular weight is 388 g/mol. The van der Waals surface area contributed by atoms with E-state index in [-0.39, 0.29) is 0 Å². The van der Waals surface area contributed by atoms with Crippen LogP contribution in [0.5, 0.6) is 0 Å². The van der Waals surface area contributed by atoms with Crippen LogP contribution in [0.3, 0.4) is 0 Å². The molecular weight excluding hydrogens is 357 g/mol. The maximum atomic E-state index is 4.95. The van der Waals surface area contributed by atoms with E-state index in [2.05, 4.69) is 33.1 Å². The summed E-state index contributed by atoms with van der Waals surface area (Å²) in [5.74, 6) is 0. The molecule has 0 N–H and O–H groups in total. The van der Waals surface area contributed by atoms with Gasteiger partial charge in [0, 0.05) is 0 Å². The van der Waals surface area contributed by atoms with E-state index in [9.17, 15) is 0 Å². The van der Waals surface area contributed by atoms with Gasteiger partial charge < -0.3 is 0 Å². The molecule has 0 radical (unpaired) electrons. The van der Waals surface area contributed by atoms with Gasteiger partial charge in [-0.1, -0.05) is 0 Å². The van der Waals surface area contributed by atoms with Crippen molar-refractivity contribution in [2.24, 2.45) is 0 Å². The van der Waals surface area contributed by atoms with E-state index in [0.717, 1.165) is 0 Å². The van der Waals surface area contributed by atoms with E-state index in [0.29, 0.717) is 0 Å². The van der Waals surface area contributed by atoms with Crippen LogP contribution in [-0.4, -0.2) is 23.4 Å². The van der Waals surface area contributed by atoms with Crippen LogP contribution in [0.2, 0.25) is 13.3 Å². The molecule has 1 rings (SSSR count). The predicted octanol–water partition coefficient (Wildman–Crippen LogP) is 5.51. The number of hydrogen-bond acceptors (Lipinski definition) is 2. The average Bonchev–Trinajstić information content (AvgIpc) is 2.85. The van der Waals surface area contributed by atoms with Crippen molar-refractivity contribution in [2.75, 3.05) is 0 Å². The SMILES string of the molecule is CCC[CH2][Sn]([CH2]CCC)([CH2]CCC)[c]1csc(C)n1. The normalized spacial score (nSPS) is 12.0. The Morgan fingerprint density at radius 3 is 1.74 bits per heavy atom. The fourth-order valence-corrected chi connectivity index (χ4v) is 20.8. The first kappa shape index (κ1) is 17.5. The standard InChI is InChI=1S/C4H4NS.3C4H9.Sn/c1-4-5-2-3-6-4;3*1-3-4-2;/h3H,1H3;3*1,3-4H2,2H3;. The first-order valence-corrected chi connectivity index (χ1v) is 16.5. The monoisotopic (exact) mass is 389 g/mol. The third-order valence-electron chi connectivity index (χ3n) is 4.19. The molecule has 110 valence electrons. The number of aromatic nitrogens is 1. The summed E-state index contributed by atoms with van der Waals surface area (Å²) in [5, 5.41) is 3.70. The quantitative estimate of drug-likeness (QED) is 0.482. The zero-order chi connectivity index (χ0) is 14.1. The fourth-order valence-electron chi connectivity index (χ4n) is 2.91. The van der Waals surface area contributed by atoms with Crippen molar-refractivity contribution < 1.29 is 0 Å². The summed E-state index contributed by atoms with van der Waals surface area (Å²) in [4.78, 5) is 4.95. The number of nitrogens with zero attached hydrogens (tertiary/aromatic N) is 1. The third-order valence-corrected chi connectivity index (χ3v) is 20.6. The van der Waals surface area contributed by atoms with Crippen molar-refractivity contribution in [1.29, 1.82) is 0 Å². The summed E-state index contributed by atoms with van der Waals surface area (Å²) >= 11 is -0.303. The van der Waals surface area contributed by atoms with E-state index in [1.54, 1.807) is 3.71 Å². The fraction of sp³-hybridized carbons (Fsp3) is 0.812. The predicted molar refractivity (Wildman–Crippen MR) is 91.4 cm³/mol. The van der Waals surface area contributed by atoms with Crippen LogP contribution in [0.15, 0.2) is 5.38 Å². The van der Waals surface area contributed by atoms with Gasteiger partial charge >= 0.3 is 128 Å². The molecule has 1 aromatic heterocycles. The zero-order valence-corrected chi connectivity index (χ0v) is 17.0. The van der Waals surface area contributed by atoms with Gasteiger partial charge in [0.15, 0.2) is 0 Å². The molecule has 0 aliphatic carbocycles. The molecule has 0 fully saturated rings. The minimum absolute atomic E-state index is 1.28. The molecule has 19 heavy (non-hydrogen) atoms. The van der Waals surface area contributed by atoms with Gasteiger partial charge in [0.2, 0.25) is 0 Å². The molecule has 1 heterocycles. The summed E-state index contributed by atoms with van der Waals surface area (Å²) in [6, 6.07) is 0. The Hall–Kier alpha value is 0.429. The van der Waals surface area contributed by atoms with Crippen LogP contribution in [0.1, 0.15) is 64.3 Å². The van der Waals surface area contributed by atoms with E-state index in [1.165, 1.54) is 56.8 Å². The second-order valence-corrected chi connectivity index (χ2v) is 20.0. The molecule has 0 atom stereocenters. The number of aryl methyl sites for hydroxylation is 1. The van der Waals surface area contributed by atoms with Gasteiger partial charge in [-0.05, 0) is 0 Å². The number of thiazole rings is 1. The Balaban J connectivity index is 2.93. The summed E-state index contributed by atoms with van der Waals surface area (Å²) in [6.07, 6.45) is 8.33. The second kappa shape index (κ2) is 9.38. The topological polar surface area (TPSA) is 12.9 Å². The Morgan fingerprint density at radius 2 is 1.42 bits per heavy atom. The maximum absolute atomic E-state index is 4.95. The molecule has 0 saturated carbocycles. The summed E-state index contributed by atoms with van der Waals surface area (Å²) < 4.78 is 6.21. The van der Waals surface area contributed by atoms with Gasteiger partial charge in [0.25, 0.3) is 0 Å². The molecule has 0 spiro atoms. The Morgan fingerprint density at radius 1 is 0.947 bits per heavy atom. The van der Waals surface area contributed by atoms with Crippen molar-refractivity contribution in [3.8, 4) is 0 Å². The first-order valence-electron chi connectivity index (χ1n) is 8.11. The number of rotatable bonds is 10. The van der Waals surface area contributed by atoms with E-state index in [1.807, 2.05) is 11.3 Å². The van der Waals surface area contributed by atoms with Crippen LogP contribution in [0, 0.1) is 6.92 Å². The van der Waals surface area contributed by atoms with Crippen molar-refractivity contribution in [3.63, 3.8) is 0 Å². The molecule has 0 aliphatic heterocycles. The van der Waals surface area contributed by atoms with Gasteiger partial charge in [-0.3, -0.25) is 0 Å². The molecule has 0 bridgehead atoms. The molecule has 1 nitrogen and oxygen atoms in total. The third kappa shape index (κ3) is 5.37. The molecule has 0 saturated heterocycles. The summed E-state index contributed by atoms with van der Waals surface area (Å²) in [5.41, 5.74) is 0. The Labute approximate surface area is 128 Å². The van der Waals surface area contributed by atoms with Crippen LogP contribution >= 0.6 is 11.3 Å². The Kier molecular flexibility index (Phi) is 8.63. The van der Waals surface area contributed by atoms with Crippen LogP contribution in [-0.2, 0) is 0 Å². The first-order chi connectivity index (χ1) is 9.18. The van der Waals surface area contributed by atoms with Gasteiger partial charge in [-0.25, -0.2) is 0 Å².